The molecule has 1 aliphatic heterocycles. The molecule has 1 rings (SSSR count). The lowest BCUT2D eigenvalue weighted by Crippen LogP contribution is -2.16. The van der Waals surface area contributed by atoms with Gasteiger partial charge < -0.3 is 4.74 Å². The molecular formula is C6H10O2S. The maximum absolute atomic E-state index is 10.7. The van der Waals surface area contributed by atoms with Gasteiger partial charge in [-0.1, -0.05) is 0 Å². The molecule has 1 fully saturated rings. The number of Topliss-reactive ketones (excluding diaryl/α,β-unsaturated/α-hetero) is 1. The van der Waals surface area contributed by atoms with E-state index in [1.54, 1.807) is 6.92 Å². The van der Waals surface area contributed by atoms with Gasteiger partial charge in [-0.15, -0.1) is 12.6 Å². The van der Waals surface area contributed by atoms with E-state index in [9.17, 15) is 4.79 Å². The predicted molar refractivity (Wildman–Crippen MR) is 37.5 cm³/mol. The Labute approximate surface area is 60.0 Å². The maximum atomic E-state index is 10.7. The van der Waals surface area contributed by atoms with Gasteiger partial charge in [0.2, 0.25) is 0 Å². The fourth-order valence-electron chi connectivity index (χ4n) is 0.979. The second-order valence-corrected chi connectivity index (χ2v) is 2.78. The molecule has 0 aromatic rings. The van der Waals surface area contributed by atoms with E-state index in [1.165, 1.54) is 0 Å². The van der Waals surface area contributed by atoms with Gasteiger partial charge in [-0.3, -0.25) is 4.79 Å². The van der Waals surface area contributed by atoms with Crippen LogP contribution in [0.15, 0.2) is 0 Å². The summed E-state index contributed by atoms with van der Waals surface area (Å²) in [5, 5.41) is 0. The summed E-state index contributed by atoms with van der Waals surface area (Å²) in [5.41, 5.74) is -0.150. The number of thiol groups is 1. The molecule has 52 valence electrons. The lowest BCUT2D eigenvalue weighted by Gasteiger charge is -2.07. The van der Waals surface area contributed by atoms with Crippen LogP contribution in [0, 0.1) is 5.92 Å². The quantitative estimate of drug-likeness (QED) is 0.555. The Hall–Kier alpha value is -0.0200. The van der Waals surface area contributed by atoms with Gasteiger partial charge in [-0.2, -0.15) is 0 Å². The van der Waals surface area contributed by atoms with Crippen molar-refractivity contribution in [1.82, 2.24) is 0 Å². The van der Waals surface area contributed by atoms with Crippen molar-refractivity contribution in [3.8, 4) is 0 Å². The van der Waals surface area contributed by atoms with Crippen LogP contribution in [0.5, 0.6) is 0 Å². The Kier molecular flexibility index (Phi) is 2.13. The Balaban J connectivity index is 2.49. The molecule has 2 atom stereocenters. The maximum Gasteiger partial charge on any atom is 0.136 e. The standard InChI is InChI=1S/C6H10O2S/c1-4(7)5-2-3-8-6(5)9/h5-6,9H,2-3H2,1H3. The Bertz CT molecular complexity index is 124. The van der Waals surface area contributed by atoms with Crippen molar-refractivity contribution >= 4 is 18.4 Å². The van der Waals surface area contributed by atoms with E-state index in [2.05, 4.69) is 12.6 Å². The average Bonchev–Trinajstić information content (AvgIpc) is 2.13. The zero-order valence-electron chi connectivity index (χ0n) is 5.33. The van der Waals surface area contributed by atoms with E-state index >= 15 is 0 Å². The van der Waals surface area contributed by atoms with E-state index in [0.29, 0.717) is 6.61 Å². The molecule has 0 N–H and O–H groups in total. The van der Waals surface area contributed by atoms with Crippen LogP contribution in [0.2, 0.25) is 0 Å². The van der Waals surface area contributed by atoms with Crippen LogP contribution in [0.25, 0.3) is 0 Å². The summed E-state index contributed by atoms with van der Waals surface area (Å²) >= 11 is 4.08. The van der Waals surface area contributed by atoms with Gasteiger partial charge >= 0.3 is 0 Å². The summed E-state index contributed by atoms with van der Waals surface area (Å²) in [7, 11) is 0. The second-order valence-electron chi connectivity index (χ2n) is 2.27. The fourth-order valence-corrected chi connectivity index (χ4v) is 1.44. The zero-order valence-corrected chi connectivity index (χ0v) is 6.23. The number of ether oxygens (including phenoxy) is 1. The monoisotopic (exact) mass is 146 g/mol. The summed E-state index contributed by atoms with van der Waals surface area (Å²) in [6, 6.07) is 0. The molecule has 1 heterocycles. The van der Waals surface area contributed by atoms with Crippen molar-refractivity contribution in [3.05, 3.63) is 0 Å². The topological polar surface area (TPSA) is 26.3 Å². The minimum absolute atomic E-state index is 0.0355. The molecule has 2 unspecified atom stereocenters. The van der Waals surface area contributed by atoms with Crippen molar-refractivity contribution in [1.29, 1.82) is 0 Å². The molecule has 1 saturated heterocycles. The largest absolute Gasteiger partial charge is 0.367 e. The third kappa shape index (κ3) is 1.46. The molecule has 2 nitrogen and oxygen atoms in total. The third-order valence-corrected chi connectivity index (χ3v) is 2.09. The number of hydrogen-bond acceptors (Lipinski definition) is 3. The predicted octanol–water partition coefficient (Wildman–Crippen LogP) is 0.868. The highest BCUT2D eigenvalue weighted by molar-refractivity contribution is 7.80. The molecule has 1 aliphatic rings. The summed E-state index contributed by atoms with van der Waals surface area (Å²) in [5.74, 6) is 0.223. The number of rotatable bonds is 1. The van der Waals surface area contributed by atoms with E-state index in [4.69, 9.17) is 4.74 Å². The van der Waals surface area contributed by atoms with E-state index < -0.39 is 0 Å². The first-order valence-corrected chi connectivity index (χ1v) is 3.53. The summed E-state index contributed by atoms with van der Waals surface area (Å²) in [4.78, 5) is 10.7. The molecule has 0 saturated carbocycles. The van der Waals surface area contributed by atoms with Crippen LogP contribution in [-0.4, -0.2) is 17.8 Å². The van der Waals surface area contributed by atoms with Gasteiger partial charge in [0.15, 0.2) is 0 Å². The lowest BCUT2D eigenvalue weighted by molar-refractivity contribution is -0.121. The third-order valence-electron chi connectivity index (χ3n) is 1.58. The molecule has 0 radical (unpaired) electrons. The minimum Gasteiger partial charge on any atom is -0.367 e. The van der Waals surface area contributed by atoms with Crippen molar-refractivity contribution in [3.63, 3.8) is 0 Å². The molecule has 0 aliphatic carbocycles. The molecule has 0 aromatic heterocycles. The van der Waals surface area contributed by atoms with Crippen molar-refractivity contribution in [2.75, 3.05) is 6.61 Å². The van der Waals surface area contributed by atoms with Crippen LogP contribution in [0.4, 0.5) is 0 Å². The van der Waals surface area contributed by atoms with Gasteiger partial charge in [0.05, 0.1) is 5.92 Å². The van der Waals surface area contributed by atoms with Gasteiger partial charge in [0, 0.05) is 6.61 Å². The first-order valence-electron chi connectivity index (χ1n) is 3.02. The van der Waals surface area contributed by atoms with Gasteiger partial charge in [-0.05, 0) is 13.3 Å². The second kappa shape index (κ2) is 2.71. The number of carbonyl (C=O) groups is 1. The summed E-state index contributed by atoms with van der Waals surface area (Å²) < 4.78 is 5.07. The molecule has 0 spiro atoms. The van der Waals surface area contributed by atoms with Crippen LogP contribution in [-0.2, 0) is 9.53 Å². The van der Waals surface area contributed by atoms with E-state index in [0.717, 1.165) is 6.42 Å². The Morgan fingerprint density at radius 2 is 2.44 bits per heavy atom. The SMILES string of the molecule is CC(=O)C1CCOC1S. The Morgan fingerprint density at radius 3 is 2.67 bits per heavy atom. The molecule has 0 bridgehead atoms. The summed E-state index contributed by atoms with van der Waals surface area (Å²) in [6.07, 6.45) is 0.837. The normalized spacial score (nSPS) is 34.9. The van der Waals surface area contributed by atoms with E-state index in [1.807, 2.05) is 0 Å². The minimum atomic E-state index is -0.150. The van der Waals surface area contributed by atoms with Gasteiger partial charge in [-0.25, -0.2) is 0 Å². The van der Waals surface area contributed by atoms with Crippen molar-refractivity contribution in [2.24, 2.45) is 5.92 Å². The zero-order chi connectivity index (χ0) is 6.85. The highest BCUT2D eigenvalue weighted by atomic mass is 32.1. The Morgan fingerprint density at radius 1 is 1.78 bits per heavy atom. The smallest absolute Gasteiger partial charge is 0.136 e. The van der Waals surface area contributed by atoms with Crippen molar-refractivity contribution < 1.29 is 9.53 Å². The van der Waals surface area contributed by atoms with Crippen LogP contribution >= 0.6 is 12.6 Å². The number of hydrogen-bond donors (Lipinski definition) is 1. The van der Waals surface area contributed by atoms with Gasteiger partial charge in [0.25, 0.3) is 0 Å². The number of ketones is 1. The first-order chi connectivity index (χ1) is 4.22. The van der Waals surface area contributed by atoms with Gasteiger partial charge in [0.1, 0.15) is 11.2 Å². The summed E-state index contributed by atoms with van der Waals surface area (Å²) in [6.45, 7) is 2.26. The molecular weight excluding hydrogens is 136 g/mol. The molecule has 0 aromatic carbocycles. The van der Waals surface area contributed by atoms with Crippen LogP contribution in [0.1, 0.15) is 13.3 Å². The fraction of sp³-hybridized carbons (Fsp3) is 0.833. The molecule has 9 heavy (non-hydrogen) atoms. The average molecular weight is 146 g/mol. The molecule has 3 heteroatoms. The van der Waals surface area contributed by atoms with E-state index in [-0.39, 0.29) is 17.1 Å². The first kappa shape index (κ1) is 7.09. The van der Waals surface area contributed by atoms with Crippen LogP contribution < -0.4 is 0 Å². The molecule has 0 amide bonds. The van der Waals surface area contributed by atoms with Crippen LogP contribution in [0.3, 0.4) is 0 Å². The highest BCUT2D eigenvalue weighted by Crippen LogP contribution is 2.23. The van der Waals surface area contributed by atoms with Crippen molar-refractivity contribution in [2.45, 2.75) is 18.8 Å². The highest BCUT2D eigenvalue weighted by Gasteiger charge is 2.28. The lowest BCUT2D eigenvalue weighted by atomic mass is 10.1. The number of carbonyl (C=O) groups excluding carboxylic acids is 1.